The molecule has 0 N–H and O–H groups in total. The van der Waals surface area contributed by atoms with Gasteiger partial charge in [0.1, 0.15) is 0 Å². The summed E-state index contributed by atoms with van der Waals surface area (Å²) >= 11 is 0. The number of hydrogen-bond acceptors (Lipinski definition) is 4. The minimum absolute atomic E-state index is 0.131. The smallest absolute Gasteiger partial charge is 0.234 e. The summed E-state index contributed by atoms with van der Waals surface area (Å²) in [5.74, 6) is -3.48. The van der Waals surface area contributed by atoms with E-state index < -0.39 is 23.7 Å². The molecule has 6 aliphatic rings. The van der Waals surface area contributed by atoms with Gasteiger partial charge < -0.3 is 0 Å². The second-order valence-electron chi connectivity index (χ2n) is 12.2. The zero-order chi connectivity index (χ0) is 28.5. The monoisotopic (exact) mass is 554 g/mol. The molecule has 9 rings (SSSR count). The van der Waals surface area contributed by atoms with E-state index >= 15 is 0 Å². The van der Waals surface area contributed by atoms with E-state index in [1.54, 1.807) is 0 Å². The van der Waals surface area contributed by atoms with Gasteiger partial charge in [-0.3, -0.25) is 29.0 Å². The molecule has 3 aromatic carbocycles. The first-order chi connectivity index (χ1) is 20.5. The number of fused-ring (bicyclic) bond motifs is 1. The van der Waals surface area contributed by atoms with Crippen LogP contribution in [-0.2, 0) is 32.3 Å². The SMILES string of the molecule is O=C1[C@@H]2[C@H]3C=C[C@H](C4=C(c5ccccc5)C[C@@H]5C(=O)N(Cc6ccccc6)C(=O)[C@H]5[C@H]43)[C@H]2C(=O)N1Cc1ccccc1. The Morgan fingerprint density at radius 2 is 1.07 bits per heavy atom. The van der Waals surface area contributed by atoms with E-state index in [1.165, 1.54) is 9.80 Å². The third-order valence-corrected chi connectivity index (χ3v) is 10.2. The van der Waals surface area contributed by atoms with Crippen LogP contribution < -0.4 is 0 Å². The highest BCUT2D eigenvalue weighted by Gasteiger charge is 2.66. The number of likely N-dealkylation sites (tertiary alicyclic amines) is 2. The second-order valence-corrected chi connectivity index (χ2v) is 12.2. The van der Waals surface area contributed by atoms with Crippen molar-refractivity contribution in [3.63, 3.8) is 0 Å². The Bertz CT molecular complexity index is 1680. The Labute approximate surface area is 244 Å². The fourth-order valence-electron chi connectivity index (χ4n) is 8.49. The van der Waals surface area contributed by atoms with Gasteiger partial charge in [-0.15, -0.1) is 0 Å². The average Bonchev–Trinajstić information content (AvgIpc) is 3.43. The van der Waals surface area contributed by atoms with Crippen LogP contribution in [0.1, 0.15) is 23.1 Å². The predicted octanol–water partition coefficient (Wildman–Crippen LogP) is 4.88. The number of rotatable bonds is 5. The van der Waals surface area contributed by atoms with E-state index in [1.807, 2.05) is 78.9 Å². The topological polar surface area (TPSA) is 74.8 Å². The van der Waals surface area contributed by atoms with Gasteiger partial charge in [-0.1, -0.05) is 109 Å². The predicted molar refractivity (Wildman–Crippen MR) is 156 cm³/mol. The standard InChI is InChI=1S/C36H30N2O4/c39-33-27-18-26(23-14-8-3-9-15-23)28-24-16-17-25(29(28)32(27)36(42)37(33)19-21-10-4-1-5-11-21)31-30(24)34(40)38(35(31)41)20-22-12-6-2-7-13-22/h1-17,24-25,27,29-32H,18-20H2/t24-,25+,27+,29+,30-,31-,32-/m1/s1. The van der Waals surface area contributed by atoms with Crippen LogP contribution in [0.25, 0.3) is 5.57 Å². The average molecular weight is 555 g/mol. The largest absolute Gasteiger partial charge is 0.278 e. The van der Waals surface area contributed by atoms with E-state index in [-0.39, 0.29) is 54.5 Å². The van der Waals surface area contributed by atoms with Gasteiger partial charge in [0.25, 0.3) is 0 Å². The molecule has 2 saturated heterocycles. The van der Waals surface area contributed by atoms with Crippen molar-refractivity contribution < 1.29 is 19.2 Å². The highest BCUT2D eigenvalue weighted by molar-refractivity contribution is 6.09. The first-order valence-electron chi connectivity index (χ1n) is 14.8. The number of allylic oxidation sites excluding steroid dienone is 4. The highest BCUT2D eigenvalue weighted by Crippen LogP contribution is 2.63. The van der Waals surface area contributed by atoms with Gasteiger partial charge >= 0.3 is 0 Å². The minimum Gasteiger partial charge on any atom is -0.278 e. The minimum atomic E-state index is -0.534. The Morgan fingerprint density at radius 1 is 0.548 bits per heavy atom. The summed E-state index contributed by atoms with van der Waals surface area (Å²) in [4.78, 5) is 59.0. The molecule has 208 valence electrons. The van der Waals surface area contributed by atoms with E-state index in [4.69, 9.17) is 0 Å². The lowest BCUT2D eigenvalue weighted by molar-refractivity contribution is -0.143. The van der Waals surface area contributed by atoms with Gasteiger partial charge in [0.2, 0.25) is 23.6 Å². The van der Waals surface area contributed by atoms with Gasteiger partial charge in [-0.05, 0) is 34.6 Å². The Hall–Kier alpha value is -4.58. The first-order valence-corrected chi connectivity index (χ1v) is 14.8. The van der Waals surface area contributed by atoms with Gasteiger partial charge in [-0.25, -0.2) is 0 Å². The van der Waals surface area contributed by atoms with Gasteiger partial charge in [0, 0.05) is 11.8 Å². The van der Waals surface area contributed by atoms with E-state index in [0.717, 1.165) is 27.8 Å². The number of hydrogen-bond donors (Lipinski definition) is 0. The van der Waals surface area contributed by atoms with E-state index in [9.17, 15) is 19.2 Å². The molecule has 0 spiro atoms. The van der Waals surface area contributed by atoms with Crippen LogP contribution in [0.15, 0.2) is 109 Å². The van der Waals surface area contributed by atoms with E-state index in [0.29, 0.717) is 6.42 Å². The third kappa shape index (κ3) is 3.57. The van der Waals surface area contributed by atoms with Crippen molar-refractivity contribution in [1.82, 2.24) is 9.80 Å². The van der Waals surface area contributed by atoms with Crippen molar-refractivity contribution in [3.05, 3.63) is 125 Å². The van der Waals surface area contributed by atoms with Crippen molar-refractivity contribution in [1.29, 1.82) is 0 Å². The molecular formula is C36H30N2O4. The van der Waals surface area contributed by atoms with Crippen LogP contribution in [0.5, 0.6) is 0 Å². The molecule has 7 atom stereocenters. The molecule has 0 aromatic heterocycles. The fraction of sp³-hybridized carbons (Fsp3) is 0.278. The summed E-state index contributed by atoms with van der Waals surface area (Å²) in [7, 11) is 0. The summed E-state index contributed by atoms with van der Waals surface area (Å²) in [6.07, 6.45) is 4.63. The molecule has 1 saturated carbocycles. The lowest BCUT2D eigenvalue weighted by atomic mass is 9.49. The molecule has 4 aliphatic carbocycles. The van der Waals surface area contributed by atoms with Crippen molar-refractivity contribution in [2.75, 3.05) is 0 Å². The molecule has 4 amide bonds. The molecule has 6 nitrogen and oxygen atoms in total. The molecule has 2 aliphatic heterocycles. The summed E-state index contributed by atoms with van der Waals surface area (Å²) < 4.78 is 0. The highest BCUT2D eigenvalue weighted by atomic mass is 16.2. The molecule has 3 aromatic rings. The number of carbonyl (C=O) groups excluding carboxylic acids is 4. The molecule has 3 fully saturated rings. The molecule has 2 heterocycles. The van der Waals surface area contributed by atoms with Crippen molar-refractivity contribution >= 4 is 29.2 Å². The maximum Gasteiger partial charge on any atom is 0.234 e. The third-order valence-electron chi connectivity index (χ3n) is 10.2. The number of carbonyl (C=O) groups is 4. The number of nitrogens with zero attached hydrogens (tertiary/aromatic N) is 2. The lowest BCUT2D eigenvalue weighted by Gasteiger charge is -2.51. The van der Waals surface area contributed by atoms with Crippen LogP contribution in [0.2, 0.25) is 0 Å². The molecule has 6 heteroatoms. The molecule has 42 heavy (non-hydrogen) atoms. The Balaban J connectivity index is 1.23. The molecule has 0 radical (unpaired) electrons. The quantitative estimate of drug-likeness (QED) is 0.333. The number of imide groups is 2. The molecule has 0 unspecified atom stereocenters. The Kier molecular flexibility index (Phi) is 5.68. The molecule has 2 bridgehead atoms. The summed E-state index contributed by atoms with van der Waals surface area (Å²) in [6.45, 7) is 0.487. The summed E-state index contributed by atoms with van der Waals surface area (Å²) in [5.41, 5.74) is 4.99. The number of amides is 4. The van der Waals surface area contributed by atoms with Crippen LogP contribution in [0.4, 0.5) is 0 Å². The maximum absolute atomic E-state index is 14.2. The molecular weight excluding hydrogens is 524 g/mol. The Morgan fingerprint density at radius 3 is 1.69 bits per heavy atom. The zero-order valence-electron chi connectivity index (χ0n) is 23.0. The number of benzene rings is 3. The second kappa shape index (κ2) is 9.48. The maximum atomic E-state index is 14.2. The van der Waals surface area contributed by atoms with Crippen LogP contribution >= 0.6 is 0 Å². The summed E-state index contributed by atoms with van der Waals surface area (Å²) in [5, 5.41) is 0. The zero-order valence-corrected chi connectivity index (χ0v) is 23.0. The summed E-state index contributed by atoms with van der Waals surface area (Å²) in [6, 6.07) is 29.2. The van der Waals surface area contributed by atoms with Gasteiger partial charge in [0.15, 0.2) is 0 Å². The van der Waals surface area contributed by atoms with Crippen molar-refractivity contribution in [2.45, 2.75) is 19.5 Å². The van der Waals surface area contributed by atoms with Gasteiger partial charge in [0.05, 0.1) is 36.8 Å². The normalized spacial score (nSPS) is 31.1. The van der Waals surface area contributed by atoms with Crippen LogP contribution in [0, 0.1) is 41.4 Å². The van der Waals surface area contributed by atoms with Crippen LogP contribution in [0.3, 0.4) is 0 Å². The lowest BCUT2D eigenvalue weighted by Crippen LogP contribution is -2.51. The first kappa shape index (κ1) is 25.2. The van der Waals surface area contributed by atoms with Crippen LogP contribution in [-0.4, -0.2) is 33.4 Å². The van der Waals surface area contributed by atoms with Crippen molar-refractivity contribution in [3.8, 4) is 0 Å². The van der Waals surface area contributed by atoms with E-state index in [2.05, 4.69) is 24.3 Å². The van der Waals surface area contributed by atoms with Gasteiger partial charge in [-0.2, -0.15) is 0 Å². The van der Waals surface area contributed by atoms with Crippen molar-refractivity contribution in [2.24, 2.45) is 41.4 Å². The fourth-order valence-corrected chi connectivity index (χ4v) is 8.49.